The fourth-order valence-electron chi connectivity index (χ4n) is 2.14. The van der Waals surface area contributed by atoms with Gasteiger partial charge < -0.3 is 5.32 Å². The molecule has 3 rings (SSSR count). The third-order valence-electron chi connectivity index (χ3n) is 3.64. The van der Waals surface area contributed by atoms with Gasteiger partial charge in [-0.15, -0.1) is 11.3 Å². The Bertz CT molecular complexity index is 860. The fraction of sp³-hybridized carbons (Fsp3) is 0.222. The van der Waals surface area contributed by atoms with Crippen LogP contribution in [-0.4, -0.2) is 26.1 Å². The number of carbonyl (C=O) groups is 1. The first-order valence-corrected chi connectivity index (χ1v) is 9.51. The number of nitrogens with one attached hydrogen (secondary N) is 1. The number of anilines is 1. The number of aryl methyl sites for hydroxylation is 2. The van der Waals surface area contributed by atoms with Crippen molar-refractivity contribution >= 4 is 34.1 Å². The summed E-state index contributed by atoms with van der Waals surface area (Å²) in [5, 5.41) is 3.99. The van der Waals surface area contributed by atoms with Crippen molar-refractivity contribution in [3.05, 3.63) is 53.3 Å². The van der Waals surface area contributed by atoms with Crippen LogP contribution in [0, 0.1) is 13.8 Å². The molecule has 0 radical (unpaired) electrons. The van der Waals surface area contributed by atoms with E-state index >= 15 is 0 Å². The van der Waals surface area contributed by atoms with E-state index in [1.54, 1.807) is 0 Å². The topological polar surface area (TPSA) is 67.8 Å². The highest BCUT2D eigenvalue weighted by Crippen LogP contribution is 2.27. The number of carbonyl (C=O) groups excluding carboxylic acids is 1. The van der Waals surface area contributed by atoms with Crippen LogP contribution < -0.4 is 5.32 Å². The third-order valence-corrected chi connectivity index (χ3v) is 5.66. The van der Waals surface area contributed by atoms with Gasteiger partial charge in [-0.1, -0.05) is 42.1 Å². The first-order valence-electron chi connectivity index (χ1n) is 7.82. The zero-order valence-electron chi connectivity index (χ0n) is 14.2. The van der Waals surface area contributed by atoms with Crippen LogP contribution in [0.25, 0.3) is 11.3 Å². The molecule has 3 aromatic rings. The molecule has 0 saturated carbocycles. The molecule has 0 aliphatic carbocycles. The Labute approximate surface area is 155 Å². The van der Waals surface area contributed by atoms with Crippen LogP contribution in [0.15, 0.2) is 47.8 Å². The molecule has 5 nitrogen and oxygen atoms in total. The lowest BCUT2D eigenvalue weighted by Gasteiger charge is -2.10. The molecule has 0 aliphatic heterocycles. The van der Waals surface area contributed by atoms with Gasteiger partial charge in [0.15, 0.2) is 5.13 Å². The van der Waals surface area contributed by atoms with Crippen LogP contribution in [0.5, 0.6) is 0 Å². The Hall–Kier alpha value is -2.25. The number of hydrogen-bond donors (Lipinski definition) is 1. The summed E-state index contributed by atoms with van der Waals surface area (Å²) in [6.07, 6.45) is 1.53. The number of nitrogens with zero attached hydrogens (tertiary/aromatic N) is 3. The standard InChI is InChI=1S/C18H18N4OS2/c1-11-12(2)25-18(21-11)22-17(23)13(3)24-16-9-15(19-10-20-16)14-7-5-4-6-8-14/h4-10,13H,1-3H3,(H,21,22,23)/t13-/m1/s1. The molecule has 0 bridgehead atoms. The van der Waals surface area contributed by atoms with Gasteiger partial charge in [0.1, 0.15) is 11.4 Å². The summed E-state index contributed by atoms with van der Waals surface area (Å²) in [6, 6.07) is 11.8. The average molecular weight is 371 g/mol. The van der Waals surface area contributed by atoms with E-state index in [9.17, 15) is 4.79 Å². The number of amides is 1. The minimum absolute atomic E-state index is 0.0846. The SMILES string of the molecule is Cc1nc(NC(=O)[C@@H](C)Sc2cc(-c3ccccc3)ncn2)sc1C. The number of hydrogen-bond acceptors (Lipinski definition) is 6. The highest BCUT2D eigenvalue weighted by Gasteiger charge is 2.17. The van der Waals surface area contributed by atoms with Crippen LogP contribution in [0.3, 0.4) is 0 Å². The normalized spacial score (nSPS) is 12.0. The molecule has 2 heterocycles. The molecule has 128 valence electrons. The Kier molecular flexibility index (Phi) is 5.45. The maximum absolute atomic E-state index is 12.4. The lowest BCUT2D eigenvalue weighted by Crippen LogP contribution is -2.22. The van der Waals surface area contributed by atoms with Crippen molar-refractivity contribution in [1.82, 2.24) is 15.0 Å². The molecule has 1 aromatic carbocycles. The monoisotopic (exact) mass is 370 g/mol. The van der Waals surface area contributed by atoms with Gasteiger partial charge in [0.25, 0.3) is 0 Å². The van der Waals surface area contributed by atoms with E-state index in [2.05, 4.69) is 20.3 Å². The number of rotatable bonds is 5. The summed E-state index contributed by atoms with van der Waals surface area (Å²) in [4.78, 5) is 26.4. The van der Waals surface area contributed by atoms with E-state index < -0.39 is 0 Å². The smallest absolute Gasteiger partial charge is 0.239 e. The van der Waals surface area contributed by atoms with Crippen LogP contribution >= 0.6 is 23.1 Å². The third kappa shape index (κ3) is 4.43. The van der Waals surface area contributed by atoms with Gasteiger partial charge in [0.2, 0.25) is 5.91 Å². The van der Waals surface area contributed by atoms with Crippen LogP contribution in [0.2, 0.25) is 0 Å². The Morgan fingerprint density at radius 1 is 1.20 bits per heavy atom. The van der Waals surface area contributed by atoms with Gasteiger partial charge in [-0.3, -0.25) is 4.79 Å². The molecule has 0 fully saturated rings. The number of aromatic nitrogens is 3. The molecule has 0 spiro atoms. The molecule has 25 heavy (non-hydrogen) atoms. The van der Waals surface area contributed by atoms with Gasteiger partial charge in [-0.2, -0.15) is 0 Å². The summed E-state index contributed by atoms with van der Waals surface area (Å²) in [5.41, 5.74) is 2.82. The van der Waals surface area contributed by atoms with Crippen LogP contribution in [0.4, 0.5) is 5.13 Å². The molecular formula is C18H18N4OS2. The summed E-state index contributed by atoms with van der Waals surface area (Å²) >= 11 is 2.89. The molecule has 1 N–H and O–H groups in total. The molecule has 2 aromatic heterocycles. The minimum Gasteiger partial charge on any atom is -0.301 e. The molecular weight excluding hydrogens is 352 g/mol. The van der Waals surface area contributed by atoms with E-state index in [-0.39, 0.29) is 11.2 Å². The Morgan fingerprint density at radius 3 is 2.64 bits per heavy atom. The van der Waals surface area contributed by atoms with E-state index in [0.717, 1.165) is 26.9 Å². The summed E-state index contributed by atoms with van der Waals surface area (Å²) < 4.78 is 0. The summed E-state index contributed by atoms with van der Waals surface area (Å²) in [6.45, 7) is 5.79. The number of thioether (sulfide) groups is 1. The molecule has 7 heteroatoms. The zero-order valence-corrected chi connectivity index (χ0v) is 15.8. The van der Waals surface area contributed by atoms with Crippen LogP contribution in [0.1, 0.15) is 17.5 Å². The lowest BCUT2D eigenvalue weighted by atomic mass is 10.1. The lowest BCUT2D eigenvalue weighted by molar-refractivity contribution is -0.115. The highest BCUT2D eigenvalue weighted by molar-refractivity contribution is 8.00. The number of thiazole rings is 1. The molecule has 1 atom stereocenters. The van der Waals surface area contributed by atoms with E-state index in [4.69, 9.17) is 0 Å². The van der Waals surface area contributed by atoms with Gasteiger partial charge in [0.05, 0.1) is 16.6 Å². The van der Waals surface area contributed by atoms with Gasteiger partial charge in [-0.05, 0) is 26.8 Å². The zero-order chi connectivity index (χ0) is 17.8. The van der Waals surface area contributed by atoms with Crippen molar-refractivity contribution in [3.8, 4) is 11.3 Å². The van der Waals surface area contributed by atoms with Gasteiger partial charge in [0, 0.05) is 10.4 Å². The first-order chi connectivity index (χ1) is 12.0. The van der Waals surface area contributed by atoms with Crippen molar-refractivity contribution in [2.24, 2.45) is 0 Å². The highest BCUT2D eigenvalue weighted by atomic mass is 32.2. The fourth-order valence-corrected chi connectivity index (χ4v) is 3.77. The second-order valence-corrected chi connectivity index (χ2v) is 8.08. The predicted molar refractivity (Wildman–Crippen MR) is 103 cm³/mol. The molecule has 0 saturated heterocycles. The van der Waals surface area contributed by atoms with E-state index in [0.29, 0.717) is 5.13 Å². The maximum Gasteiger partial charge on any atom is 0.239 e. The molecule has 0 aliphatic rings. The van der Waals surface area contributed by atoms with Crippen LogP contribution in [-0.2, 0) is 4.79 Å². The number of benzene rings is 1. The Balaban J connectivity index is 1.68. The summed E-state index contributed by atoms with van der Waals surface area (Å²) in [7, 11) is 0. The van der Waals surface area contributed by atoms with Crippen molar-refractivity contribution in [1.29, 1.82) is 0 Å². The summed E-state index contributed by atoms with van der Waals surface area (Å²) in [5.74, 6) is -0.0846. The second-order valence-electron chi connectivity index (χ2n) is 5.52. The largest absolute Gasteiger partial charge is 0.301 e. The Morgan fingerprint density at radius 2 is 1.96 bits per heavy atom. The van der Waals surface area contributed by atoms with Crippen molar-refractivity contribution in [2.75, 3.05) is 5.32 Å². The average Bonchev–Trinajstić information content (AvgIpc) is 2.93. The minimum atomic E-state index is -0.289. The molecule has 0 unspecified atom stereocenters. The van der Waals surface area contributed by atoms with Crippen molar-refractivity contribution in [3.63, 3.8) is 0 Å². The van der Waals surface area contributed by atoms with E-state index in [1.165, 1.54) is 29.4 Å². The predicted octanol–water partition coefficient (Wildman–Crippen LogP) is 4.34. The van der Waals surface area contributed by atoms with Gasteiger partial charge >= 0.3 is 0 Å². The quantitative estimate of drug-likeness (QED) is 0.535. The van der Waals surface area contributed by atoms with E-state index in [1.807, 2.05) is 57.2 Å². The molecule has 1 amide bonds. The maximum atomic E-state index is 12.4. The van der Waals surface area contributed by atoms with Crippen molar-refractivity contribution in [2.45, 2.75) is 31.0 Å². The van der Waals surface area contributed by atoms with Crippen molar-refractivity contribution < 1.29 is 4.79 Å². The first kappa shape index (κ1) is 17.6. The van der Waals surface area contributed by atoms with Gasteiger partial charge in [-0.25, -0.2) is 15.0 Å². The second kappa shape index (κ2) is 7.76.